The summed E-state index contributed by atoms with van der Waals surface area (Å²) < 4.78 is 33.5. The maximum Gasteiger partial charge on any atom is 0.262 e. The monoisotopic (exact) mass is 389 g/mol. The molecule has 0 atom stereocenters. The highest BCUT2D eigenvalue weighted by atomic mass is 32.2. The first-order chi connectivity index (χ1) is 12.9. The molecule has 2 aromatic rings. The molecule has 0 aliphatic carbocycles. The average molecular weight is 390 g/mol. The number of hydrogen-bond acceptors (Lipinski definition) is 5. The Morgan fingerprint density at radius 1 is 1.19 bits per heavy atom. The van der Waals surface area contributed by atoms with Crippen LogP contribution in [0.15, 0.2) is 35.2 Å². The van der Waals surface area contributed by atoms with Gasteiger partial charge in [0.05, 0.1) is 12.0 Å². The zero-order valence-electron chi connectivity index (χ0n) is 16.2. The van der Waals surface area contributed by atoms with Gasteiger partial charge in [0.2, 0.25) is 5.88 Å². The number of fused-ring (bicyclic) bond motifs is 1. The van der Waals surface area contributed by atoms with E-state index in [1.807, 2.05) is 13.0 Å². The van der Waals surface area contributed by atoms with Crippen molar-refractivity contribution in [2.75, 3.05) is 31.5 Å². The molecule has 1 aromatic heterocycles. The second-order valence-corrected chi connectivity index (χ2v) is 8.59. The molecule has 0 radical (unpaired) electrons. The molecule has 7 heteroatoms. The van der Waals surface area contributed by atoms with Crippen LogP contribution >= 0.6 is 0 Å². The number of ether oxygens (including phenoxy) is 1. The summed E-state index contributed by atoms with van der Waals surface area (Å²) in [5.41, 5.74) is 3.47. The normalized spacial score (nSPS) is 15.1. The summed E-state index contributed by atoms with van der Waals surface area (Å²) in [6.07, 6.45) is 2.82. The predicted molar refractivity (Wildman–Crippen MR) is 107 cm³/mol. The van der Waals surface area contributed by atoms with Crippen molar-refractivity contribution in [3.63, 3.8) is 0 Å². The zero-order valence-corrected chi connectivity index (χ0v) is 17.0. The van der Waals surface area contributed by atoms with Gasteiger partial charge in [-0.2, -0.15) is 0 Å². The van der Waals surface area contributed by atoms with Crippen molar-refractivity contribution in [3.8, 4) is 5.88 Å². The number of methoxy groups -OCH3 is 1. The van der Waals surface area contributed by atoms with Gasteiger partial charge >= 0.3 is 0 Å². The van der Waals surface area contributed by atoms with E-state index in [0.717, 1.165) is 55.7 Å². The molecular weight excluding hydrogens is 362 g/mol. The van der Waals surface area contributed by atoms with Crippen LogP contribution in [0.3, 0.4) is 0 Å². The van der Waals surface area contributed by atoms with Gasteiger partial charge in [0.25, 0.3) is 10.0 Å². The van der Waals surface area contributed by atoms with E-state index in [-0.39, 0.29) is 4.90 Å². The standard InChI is InChI=1S/C20H27N3O3S/c1-4-11-23-12-9-16-14-19(20(26-3)21-18(16)10-13-23)22-27(24,25)17-7-5-15(2)6-8-17/h5-8,14,22H,4,9-13H2,1-3H3. The van der Waals surface area contributed by atoms with Gasteiger partial charge in [0.15, 0.2) is 0 Å². The molecule has 0 amide bonds. The molecule has 27 heavy (non-hydrogen) atoms. The summed E-state index contributed by atoms with van der Waals surface area (Å²) in [7, 11) is -2.19. The first kappa shape index (κ1) is 19.6. The SMILES string of the molecule is CCCN1CCc2cc(NS(=O)(=O)c3ccc(C)cc3)c(OC)nc2CC1. The lowest BCUT2D eigenvalue weighted by molar-refractivity contribution is 0.287. The first-order valence-electron chi connectivity index (χ1n) is 9.31. The molecule has 1 aromatic carbocycles. The van der Waals surface area contributed by atoms with Gasteiger partial charge in [0, 0.05) is 25.2 Å². The Morgan fingerprint density at radius 2 is 1.89 bits per heavy atom. The number of aryl methyl sites for hydroxylation is 1. The second kappa shape index (κ2) is 8.27. The number of sulfonamides is 1. The molecule has 146 valence electrons. The molecule has 3 rings (SSSR count). The van der Waals surface area contributed by atoms with E-state index >= 15 is 0 Å². The lowest BCUT2D eigenvalue weighted by Crippen LogP contribution is -2.27. The van der Waals surface area contributed by atoms with Crippen LogP contribution < -0.4 is 9.46 Å². The summed E-state index contributed by atoms with van der Waals surface area (Å²) in [5, 5.41) is 0. The number of benzene rings is 1. The van der Waals surface area contributed by atoms with E-state index in [1.165, 1.54) is 7.11 Å². The van der Waals surface area contributed by atoms with Gasteiger partial charge in [-0.05, 0) is 50.1 Å². The first-order valence-corrected chi connectivity index (χ1v) is 10.8. The third kappa shape index (κ3) is 4.59. The van der Waals surface area contributed by atoms with Crippen molar-refractivity contribution in [1.82, 2.24) is 9.88 Å². The van der Waals surface area contributed by atoms with E-state index in [1.54, 1.807) is 24.3 Å². The van der Waals surface area contributed by atoms with E-state index in [0.29, 0.717) is 11.6 Å². The number of rotatable bonds is 6. The molecule has 0 bridgehead atoms. The van der Waals surface area contributed by atoms with E-state index < -0.39 is 10.0 Å². The topological polar surface area (TPSA) is 71.5 Å². The molecule has 1 aliphatic heterocycles. The average Bonchev–Trinajstić information content (AvgIpc) is 2.83. The maximum atomic E-state index is 12.8. The third-order valence-corrected chi connectivity index (χ3v) is 6.21. The Balaban J connectivity index is 1.89. The number of anilines is 1. The summed E-state index contributed by atoms with van der Waals surface area (Å²) in [6, 6.07) is 8.64. The quantitative estimate of drug-likeness (QED) is 0.822. The molecule has 2 heterocycles. The van der Waals surface area contributed by atoms with Gasteiger partial charge in [-0.3, -0.25) is 4.72 Å². The molecule has 6 nitrogen and oxygen atoms in total. The predicted octanol–water partition coefficient (Wildman–Crippen LogP) is 3.01. The maximum absolute atomic E-state index is 12.8. The van der Waals surface area contributed by atoms with Gasteiger partial charge < -0.3 is 9.64 Å². The van der Waals surface area contributed by atoms with Crippen molar-refractivity contribution >= 4 is 15.7 Å². The Labute approximate surface area is 161 Å². The van der Waals surface area contributed by atoms with Crippen LogP contribution in [-0.2, 0) is 22.9 Å². The highest BCUT2D eigenvalue weighted by Gasteiger charge is 2.21. The van der Waals surface area contributed by atoms with Crippen LogP contribution in [0.5, 0.6) is 5.88 Å². The Bertz CT molecular complexity index is 895. The Hall–Kier alpha value is -2.12. The molecule has 0 spiro atoms. The molecule has 1 aliphatic rings. The van der Waals surface area contributed by atoms with Gasteiger partial charge in [-0.1, -0.05) is 24.6 Å². The lowest BCUT2D eigenvalue weighted by Gasteiger charge is -2.17. The highest BCUT2D eigenvalue weighted by Crippen LogP contribution is 2.29. The van der Waals surface area contributed by atoms with Crippen LogP contribution in [0.25, 0.3) is 0 Å². The van der Waals surface area contributed by atoms with Crippen molar-refractivity contribution in [1.29, 1.82) is 0 Å². The summed E-state index contributed by atoms with van der Waals surface area (Å²) in [4.78, 5) is 7.24. The van der Waals surface area contributed by atoms with Crippen molar-refractivity contribution in [2.45, 2.75) is 38.0 Å². The number of aromatic nitrogens is 1. The minimum absolute atomic E-state index is 0.221. The fraction of sp³-hybridized carbons (Fsp3) is 0.450. The molecule has 1 N–H and O–H groups in total. The second-order valence-electron chi connectivity index (χ2n) is 6.91. The molecule has 0 saturated heterocycles. The number of nitrogens with one attached hydrogen (secondary N) is 1. The number of nitrogens with zero attached hydrogens (tertiary/aromatic N) is 2. The van der Waals surface area contributed by atoms with Crippen LogP contribution in [-0.4, -0.2) is 45.0 Å². The minimum Gasteiger partial charge on any atom is -0.479 e. The summed E-state index contributed by atoms with van der Waals surface area (Å²) >= 11 is 0. The molecule has 0 fully saturated rings. The number of hydrogen-bond donors (Lipinski definition) is 1. The van der Waals surface area contributed by atoms with Gasteiger partial charge in [-0.15, -0.1) is 0 Å². The van der Waals surface area contributed by atoms with Gasteiger partial charge in [0.1, 0.15) is 5.69 Å². The van der Waals surface area contributed by atoms with Crippen LogP contribution in [0.2, 0.25) is 0 Å². The third-order valence-electron chi connectivity index (χ3n) is 4.83. The Morgan fingerprint density at radius 3 is 2.56 bits per heavy atom. The highest BCUT2D eigenvalue weighted by molar-refractivity contribution is 7.92. The summed E-state index contributed by atoms with van der Waals surface area (Å²) in [6.45, 7) is 7.09. The van der Waals surface area contributed by atoms with Crippen LogP contribution in [0.1, 0.15) is 30.2 Å². The fourth-order valence-corrected chi connectivity index (χ4v) is 4.40. The van der Waals surface area contributed by atoms with E-state index in [2.05, 4.69) is 21.5 Å². The number of pyridine rings is 1. The largest absolute Gasteiger partial charge is 0.479 e. The zero-order chi connectivity index (χ0) is 19.4. The van der Waals surface area contributed by atoms with Crippen molar-refractivity contribution in [3.05, 3.63) is 47.2 Å². The van der Waals surface area contributed by atoms with Gasteiger partial charge in [-0.25, -0.2) is 13.4 Å². The van der Waals surface area contributed by atoms with Crippen LogP contribution in [0.4, 0.5) is 5.69 Å². The Kier molecular flexibility index (Phi) is 6.01. The van der Waals surface area contributed by atoms with E-state index in [4.69, 9.17) is 4.74 Å². The summed E-state index contributed by atoms with van der Waals surface area (Å²) in [5.74, 6) is 0.313. The van der Waals surface area contributed by atoms with Crippen molar-refractivity contribution in [2.24, 2.45) is 0 Å². The molecule has 0 saturated carbocycles. The molecular formula is C20H27N3O3S. The van der Waals surface area contributed by atoms with Crippen molar-refractivity contribution < 1.29 is 13.2 Å². The smallest absolute Gasteiger partial charge is 0.262 e. The van der Waals surface area contributed by atoms with Crippen LogP contribution in [0, 0.1) is 6.92 Å². The lowest BCUT2D eigenvalue weighted by atomic mass is 10.1. The molecule has 0 unspecified atom stereocenters. The minimum atomic E-state index is -3.70. The van der Waals surface area contributed by atoms with E-state index in [9.17, 15) is 8.42 Å². The fourth-order valence-electron chi connectivity index (χ4n) is 3.35.